The molecule has 1 aromatic carbocycles. The van der Waals surface area contributed by atoms with Crippen LogP contribution in [0.4, 0.5) is 0 Å². The Labute approximate surface area is 157 Å². The van der Waals surface area contributed by atoms with Gasteiger partial charge in [0.05, 0.1) is 6.54 Å². The monoisotopic (exact) mass is 430 g/mol. The summed E-state index contributed by atoms with van der Waals surface area (Å²) in [5.74, 6) is 0.611. The van der Waals surface area contributed by atoms with Crippen molar-refractivity contribution in [2.45, 2.75) is 51.1 Å². The number of nitrogens with one attached hydrogen (secondary N) is 1. The van der Waals surface area contributed by atoms with Gasteiger partial charge in [-0.05, 0) is 25.5 Å². The topological polar surface area (TPSA) is 53.6 Å². The van der Waals surface area contributed by atoms with E-state index in [0.29, 0.717) is 12.0 Å². The van der Waals surface area contributed by atoms with Gasteiger partial charge >= 0.3 is 0 Å². The number of guanidine groups is 1. The molecule has 1 fully saturated rings. The molecule has 130 valence electrons. The van der Waals surface area contributed by atoms with Crippen molar-refractivity contribution in [1.82, 2.24) is 10.2 Å². The largest absolute Gasteiger partial charge is 0.370 e. The third-order valence-electron chi connectivity index (χ3n) is 4.27. The predicted molar refractivity (Wildman–Crippen MR) is 109 cm³/mol. The molecule has 1 saturated carbocycles. The number of aliphatic imine (C=N–C) groups is 1. The van der Waals surface area contributed by atoms with Crippen LogP contribution in [0.25, 0.3) is 0 Å². The molecule has 0 saturated heterocycles. The van der Waals surface area contributed by atoms with E-state index in [4.69, 9.17) is 5.73 Å². The molecule has 0 heterocycles. The summed E-state index contributed by atoms with van der Waals surface area (Å²) in [7, 11) is 2.12. The molecule has 2 rings (SSSR count). The molecule has 0 bridgehead atoms. The third-order valence-corrected chi connectivity index (χ3v) is 4.27. The molecule has 1 aromatic rings. The van der Waals surface area contributed by atoms with Gasteiger partial charge in [-0.25, -0.2) is 0 Å². The average molecular weight is 430 g/mol. The van der Waals surface area contributed by atoms with Crippen LogP contribution in [-0.2, 0) is 6.54 Å². The Hall–Kier alpha value is -0.820. The van der Waals surface area contributed by atoms with Gasteiger partial charge in [0.25, 0.3) is 0 Å². The maximum atomic E-state index is 6.01. The summed E-state index contributed by atoms with van der Waals surface area (Å²) in [5, 5.41) is 3.39. The predicted octanol–water partition coefficient (Wildman–Crippen LogP) is 3.36. The zero-order valence-corrected chi connectivity index (χ0v) is 16.5. The van der Waals surface area contributed by atoms with E-state index >= 15 is 0 Å². The van der Waals surface area contributed by atoms with E-state index in [1.165, 1.54) is 44.1 Å². The molecule has 0 unspecified atom stereocenters. The van der Waals surface area contributed by atoms with E-state index in [-0.39, 0.29) is 24.0 Å². The molecule has 0 spiro atoms. The number of benzene rings is 1. The zero-order chi connectivity index (χ0) is 15.6. The lowest BCUT2D eigenvalue weighted by atomic mass is 10.1. The molecular formula is C18H31IN4. The second-order valence-corrected chi connectivity index (χ2v) is 6.32. The number of nitrogens with two attached hydrogens (primary N) is 1. The van der Waals surface area contributed by atoms with Crippen LogP contribution in [0.1, 0.15) is 44.1 Å². The van der Waals surface area contributed by atoms with Crippen LogP contribution in [0.2, 0.25) is 0 Å². The quantitative estimate of drug-likeness (QED) is 0.315. The van der Waals surface area contributed by atoms with Gasteiger partial charge in [0.15, 0.2) is 5.96 Å². The first kappa shape index (κ1) is 20.2. The van der Waals surface area contributed by atoms with Crippen LogP contribution in [-0.4, -0.2) is 37.0 Å². The zero-order valence-electron chi connectivity index (χ0n) is 14.2. The van der Waals surface area contributed by atoms with Crippen molar-refractivity contribution in [3.8, 4) is 0 Å². The first-order chi connectivity index (χ1) is 10.7. The minimum atomic E-state index is 0. The molecule has 3 N–H and O–H groups in total. The fourth-order valence-corrected chi connectivity index (χ4v) is 2.99. The summed E-state index contributed by atoms with van der Waals surface area (Å²) >= 11 is 0. The summed E-state index contributed by atoms with van der Waals surface area (Å²) < 4.78 is 0. The lowest BCUT2D eigenvalue weighted by molar-refractivity contribution is 0.336. The molecule has 0 radical (unpaired) electrons. The van der Waals surface area contributed by atoms with Crippen LogP contribution >= 0.6 is 24.0 Å². The van der Waals surface area contributed by atoms with Crippen LogP contribution in [0.3, 0.4) is 0 Å². The van der Waals surface area contributed by atoms with Gasteiger partial charge in [0, 0.05) is 19.1 Å². The molecule has 0 aromatic heterocycles. The average Bonchev–Trinajstić information content (AvgIpc) is 2.77. The number of nitrogens with zero attached hydrogens (tertiary/aromatic N) is 2. The molecule has 0 amide bonds. The van der Waals surface area contributed by atoms with Crippen LogP contribution < -0.4 is 11.1 Å². The second-order valence-electron chi connectivity index (χ2n) is 6.32. The normalized spacial score (nSPS) is 16.7. The van der Waals surface area contributed by atoms with E-state index in [1.807, 2.05) is 6.07 Å². The lowest BCUT2D eigenvalue weighted by Gasteiger charge is -2.18. The Morgan fingerprint density at radius 2 is 1.83 bits per heavy atom. The Morgan fingerprint density at radius 3 is 2.48 bits per heavy atom. The van der Waals surface area contributed by atoms with Gasteiger partial charge in [-0.1, -0.05) is 56.0 Å². The number of halogens is 1. The molecule has 0 aliphatic heterocycles. The number of hydrogen-bond acceptors (Lipinski definition) is 2. The molecule has 4 nitrogen and oxygen atoms in total. The summed E-state index contributed by atoms with van der Waals surface area (Å²) in [5.41, 5.74) is 7.35. The van der Waals surface area contributed by atoms with Crippen molar-refractivity contribution >= 4 is 29.9 Å². The van der Waals surface area contributed by atoms with Crippen molar-refractivity contribution in [2.75, 3.05) is 20.1 Å². The lowest BCUT2D eigenvalue weighted by Crippen LogP contribution is -2.40. The van der Waals surface area contributed by atoms with Crippen LogP contribution in [0, 0.1) is 0 Å². The highest BCUT2D eigenvalue weighted by Gasteiger charge is 2.12. The molecule has 23 heavy (non-hydrogen) atoms. The van der Waals surface area contributed by atoms with Gasteiger partial charge in [-0.3, -0.25) is 4.99 Å². The van der Waals surface area contributed by atoms with Gasteiger partial charge in [-0.2, -0.15) is 0 Å². The van der Waals surface area contributed by atoms with Crippen LogP contribution in [0.15, 0.2) is 35.3 Å². The fourth-order valence-electron chi connectivity index (χ4n) is 2.99. The van der Waals surface area contributed by atoms with E-state index in [1.54, 1.807) is 0 Å². The fraction of sp³-hybridized carbons (Fsp3) is 0.611. The van der Waals surface area contributed by atoms with Crippen molar-refractivity contribution in [3.63, 3.8) is 0 Å². The summed E-state index contributed by atoms with van der Waals surface area (Å²) in [6.07, 6.45) is 7.79. The Bertz CT molecular complexity index is 442. The third kappa shape index (κ3) is 8.55. The highest BCUT2D eigenvalue weighted by molar-refractivity contribution is 14.0. The highest BCUT2D eigenvalue weighted by Crippen LogP contribution is 2.16. The standard InChI is InChI=1S/C18H30N4.HI/c1-22(15-16-9-5-4-6-10-16)14-13-20-18(19)21-17-11-7-2-3-8-12-17;/h4-6,9-10,17H,2-3,7-8,11-15H2,1H3,(H3,19,20,21);1H. The first-order valence-electron chi connectivity index (χ1n) is 8.53. The molecular weight excluding hydrogens is 399 g/mol. The summed E-state index contributed by atoms with van der Waals surface area (Å²) in [6.45, 7) is 2.61. The Kier molecular flexibility index (Phi) is 10.3. The van der Waals surface area contributed by atoms with Crippen molar-refractivity contribution in [3.05, 3.63) is 35.9 Å². The molecule has 5 heteroatoms. The minimum absolute atomic E-state index is 0. The Morgan fingerprint density at radius 1 is 1.17 bits per heavy atom. The number of rotatable bonds is 6. The van der Waals surface area contributed by atoms with Crippen molar-refractivity contribution < 1.29 is 0 Å². The van der Waals surface area contributed by atoms with Gasteiger partial charge in [-0.15, -0.1) is 24.0 Å². The first-order valence-corrected chi connectivity index (χ1v) is 8.53. The van der Waals surface area contributed by atoms with Gasteiger partial charge in [0.2, 0.25) is 0 Å². The van der Waals surface area contributed by atoms with E-state index in [0.717, 1.165) is 19.6 Å². The van der Waals surface area contributed by atoms with Gasteiger partial charge in [0.1, 0.15) is 0 Å². The number of likely N-dealkylation sites (N-methyl/N-ethyl adjacent to an activating group) is 1. The highest BCUT2D eigenvalue weighted by atomic mass is 127. The van der Waals surface area contributed by atoms with Crippen molar-refractivity contribution in [1.29, 1.82) is 0 Å². The molecule has 0 atom stereocenters. The van der Waals surface area contributed by atoms with Crippen molar-refractivity contribution in [2.24, 2.45) is 10.7 Å². The Balaban J connectivity index is 0.00000264. The summed E-state index contributed by atoms with van der Waals surface area (Å²) in [6, 6.07) is 11.0. The molecule has 1 aliphatic carbocycles. The van der Waals surface area contributed by atoms with E-state index < -0.39 is 0 Å². The maximum Gasteiger partial charge on any atom is 0.188 e. The van der Waals surface area contributed by atoms with E-state index in [2.05, 4.69) is 46.5 Å². The van der Waals surface area contributed by atoms with Crippen LogP contribution in [0.5, 0.6) is 0 Å². The van der Waals surface area contributed by atoms with Gasteiger partial charge < -0.3 is 16.0 Å². The minimum Gasteiger partial charge on any atom is -0.370 e. The smallest absolute Gasteiger partial charge is 0.188 e. The second kappa shape index (κ2) is 11.7. The molecule has 1 aliphatic rings. The summed E-state index contributed by atoms with van der Waals surface area (Å²) in [4.78, 5) is 6.75. The number of hydrogen-bond donors (Lipinski definition) is 2. The van der Waals surface area contributed by atoms with E-state index in [9.17, 15) is 0 Å². The SMILES string of the molecule is CN(CCN=C(N)NC1CCCCCC1)Cc1ccccc1.I. The maximum absolute atomic E-state index is 6.01.